The Kier molecular flexibility index (Phi) is 7.07. The molecule has 1 amide bonds. The van der Waals surface area contributed by atoms with E-state index >= 15 is 0 Å². The van der Waals surface area contributed by atoms with Crippen LogP contribution in [0.25, 0.3) is 0 Å². The molecule has 162 valence electrons. The normalized spacial score (nSPS) is 20.4. The molecule has 2 aliphatic rings. The van der Waals surface area contributed by atoms with Gasteiger partial charge in [-0.1, -0.05) is 5.16 Å². The van der Waals surface area contributed by atoms with Crippen molar-refractivity contribution in [2.45, 2.75) is 51.5 Å². The zero-order valence-corrected chi connectivity index (χ0v) is 17.6. The number of ether oxygens (including phenoxy) is 2. The molecule has 8 heteroatoms. The van der Waals surface area contributed by atoms with Crippen LogP contribution in [0.3, 0.4) is 0 Å². The predicted molar refractivity (Wildman–Crippen MR) is 109 cm³/mol. The molecule has 4 rings (SSSR count). The Morgan fingerprint density at radius 1 is 1.23 bits per heavy atom. The van der Waals surface area contributed by atoms with Gasteiger partial charge in [-0.15, -0.1) is 0 Å². The summed E-state index contributed by atoms with van der Waals surface area (Å²) in [4.78, 5) is 23.7. The summed E-state index contributed by atoms with van der Waals surface area (Å²) in [5.41, 5.74) is 1.48. The average molecular weight is 415 g/mol. The fraction of sp³-hybridized carbons (Fsp3) is 0.636. The van der Waals surface area contributed by atoms with E-state index in [4.69, 9.17) is 14.0 Å². The number of piperidine rings is 1. The van der Waals surface area contributed by atoms with Crippen molar-refractivity contribution in [3.63, 3.8) is 0 Å². The largest absolute Gasteiger partial charge is 0.381 e. The maximum Gasteiger partial charge on any atom is 0.256 e. The predicted octanol–water partition coefficient (Wildman–Crippen LogP) is 3.13. The van der Waals surface area contributed by atoms with Gasteiger partial charge in [0.2, 0.25) is 5.89 Å². The van der Waals surface area contributed by atoms with E-state index in [0.717, 1.165) is 57.6 Å². The maximum atomic E-state index is 13.0. The smallest absolute Gasteiger partial charge is 0.256 e. The SMILES string of the molecule is Cc1ccc(C(=O)N2CCCCC2c2nc(CCOCC3CCOCC3)no2)cn1. The fourth-order valence-corrected chi connectivity index (χ4v) is 4.02. The third-order valence-corrected chi connectivity index (χ3v) is 5.86. The minimum atomic E-state index is -0.183. The number of rotatable bonds is 7. The van der Waals surface area contributed by atoms with E-state index in [1.165, 1.54) is 0 Å². The van der Waals surface area contributed by atoms with E-state index < -0.39 is 0 Å². The first-order valence-corrected chi connectivity index (χ1v) is 10.9. The van der Waals surface area contributed by atoms with E-state index in [2.05, 4.69) is 15.1 Å². The van der Waals surface area contributed by atoms with Crippen LogP contribution in [0.1, 0.15) is 65.9 Å². The first-order chi connectivity index (χ1) is 14.7. The molecule has 1 unspecified atom stereocenters. The third-order valence-electron chi connectivity index (χ3n) is 5.86. The summed E-state index contributed by atoms with van der Waals surface area (Å²) in [6.45, 7) is 5.58. The molecule has 0 aromatic carbocycles. The van der Waals surface area contributed by atoms with Crippen LogP contribution < -0.4 is 0 Å². The van der Waals surface area contributed by atoms with Crippen molar-refractivity contribution in [2.75, 3.05) is 33.0 Å². The molecule has 2 fully saturated rings. The molecule has 30 heavy (non-hydrogen) atoms. The molecule has 0 bridgehead atoms. The molecular formula is C22H30N4O4. The summed E-state index contributed by atoms with van der Waals surface area (Å²) >= 11 is 0. The highest BCUT2D eigenvalue weighted by Crippen LogP contribution is 2.31. The van der Waals surface area contributed by atoms with E-state index in [9.17, 15) is 4.79 Å². The van der Waals surface area contributed by atoms with Gasteiger partial charge in [0.05, 0.1) is 12.2 Å². The fourth-order valence-electron chi connectivity index (χ4n) is 4.02. The van der Waals surface area contributed by atoms with Gasteiger partial charge < -0.3 is 18.9 Å². The number of carbonyl (C=O) groups excluding carboxylic acids is 1. The maximum absolute atomic E-state index is 13.0. The van der Waals surface area contributed by atoms with Crippen LogP contribution in [0.15, 0.2) is 22.9 Å². The number of pyridine rings is 1. The Morgan fingerprint density at radius 3 is 2.90 bits per heavy atom. The molecule has 2 aromatic heterocycles. The van der Waals surface area contributed by atoms with Gasteiger partial charge in [-0.05, 0) is 57.1 Å². The molecule has 2 aromatic rings. The lowest BCUT2D eigenvalue weighted by Gasteiger charge is -2.33. The first kappa shape index (κ1) is 20.9. The van der Waals surface area contributed by atoms with Crippen molar-refractivity contribution >= 4 is 5.91 Å². The zero-order chi connectivity index (χ0) is 20.8. The van der Waals surface area contributed by atoms with Gasteiger partial charge >= 0.3 is 0 Å². The highest BCUT2D eigenvalue weighted by molar-refractivity contribution is 5.94. The Morgan fingerprint density at radius 2 is 2.10 bits per heavy atom. The number of hydrogen-bond donors (Lipinski definition) is 0. The standard InChI is InChI=1S/C22H30N4O4/c1-16-5-6-18(14-23-16)22(27)26-10-3-2-4-19(26)21-24-20(25-30-21)9-13-29-15-17-7-11-28-12-8-17/h5-6,14,17,19H,2-4,7-13,15H2,1H3. The molecule has 0 N–H and O–H groups in total. The lowest BCUT2D eigenvalue weighted by molar-refractivity contribution is 0.0211. The van der Waals surface area contributed by atoms with Gasteiger partial charge in [-0.2, -0.15) is 4.98 Å². The van der Waals surface area contributed by atoms with Crippen LogP contribution in [0.5, 0.6) is 0 Å². The minimum absolute atomic E-state index is 0.0354. The molecule has 1 atom stereocenters. The second-order valence-electron chi connectivity index (χ2n) is 8.13. The van der Waals surface area contributed by atoms with Crippen LogP contribution in [0.2, 0.25) is 0 Å². The first-order valence-electron chi connectivity index (χ1n) is 10.9. The van der Waals surface area contributed by atoms with Crippen molar-refractivity contribution in [1.29, 1.82) is 0 Å². The Bertz CT molecular complexity index is 817. The summed E-state index contributed by atoms with van der Waals surface area (Å²) in [6.07, 6.45) is 7.21. The van der Waals surface area contributed by atoms with E-state index in [0.29, 0.717) is 42.8 Å². The molecular weight excluding hydrogens is 384 g/mol. The van der Waals surface area contributed by atoms with Gasteiger partial charge in [0.25, 0.3) is 5.91 Å². The second kappa shape index (κ2) is 10.1. The van der Waals surface area contributed by atoms with Crippen LogP contribution in [0.4, 0.5) is 0 Å². The lowest BCUT2D eigenvalue weighted by atomic mass is 10.0. The topological polar surface area (TPSA) is 90.6 Å². The van der Waals surface area contributed by atoms with Crippen LogP contribution >= 0.6 is 0 Å². The molecule has 0 spiro atoms. The summed E-state index contributed by atoms with van der Waals surface area (Å²) in [6, 6.07) is 3.50. The van der Waals surface area contributed by atoms with Crippen LogP contribution in [0, 0.1) is 12.8 Å². The van der Waals surface area contributed by atoms with Crippen molar-refractivity contribution in [3.8, 4) is 0 Å². The summed E-state index contributed by atoms with van der Waals surface area (Å²) in [5.74, 6) is 1.69. The van der Waals surface area contributed by atoms with Gasteiger partial charge in [0, 0.05) is 44.7 Å². The van der Waals surface area contributed by atoms with Crippen LogP contribution in [-0.4, -0.2) is 58.9 Å². The number of carbonyl (C=O) groups is 1. The molecule has 2 aliphatic heterocycles. The Labute approximate surface area is 177 Å². The van der Waals surface area contributed by atoms with Gasteiger partial charge in [0.15, 0.2) is 5.82 Å². The van der Waals surface area contributed by atoms with Crippen molar-refractivity contribution in [3.05, 3.63) is 41.3 Å². The number of hydrogen-bond acceptors (Lipinski definition) is 7. The van der Waals surface area contributed by atoms with Gasteiger partial charge in [0.1, 0.15) is 6.04 Å². The zero-order valence-electron chi connectivity index (χ0n) is 17.6. The van der Waals surface area contributed by atoms with Crippen LogP contribution in [-0.2, 0) is 15.9 Å². The van der Waals surface area contributed by atoms with Crippen molar-refractivity contribution < 1.29 is 18.8 Å². The van der Waals surface area contributed by atoms with Gasteiger partial charge in [-0.25, -0.2) is 0 Å². The number of likely N-dealkylation sites (tertiary alicyclic amines) is 1. The molecule has 8 nitrogen and oxygen atoms in total. The Hall–Kier alpha value is -2.32. The second-order valence-corrected chi connectivity index (χ2v) is 8.13. The number of amides is 1. The van der Waals surface area contributed by atoms with Gasteiger partial charge in [-0.3, -0.25) is 9.78 Å². The number of aromatic nitrogens is 3. The van der Waals surface area contributed by atoms with E-state index in [1.807, 2.05) is 24.0 Å². The summed E-state index contributed by atoms with van der Waals surface area (Å²) in [7, 11) is 0. The number of aryl methyl sites for hydroxylation is 1. The summed E-state index contributed by atoms with van der Waals surface area (Å²) in [5, 5.41) is 4.12. The molecule has 0 saturated carbocycles. The molecule has 0 radical (unpaired) electrons. The highest BCUT2D eigenvalue weighted by atomic mass is 16.5. The quantitative estimate of drug-likeness (QED) is 0.643. The van der Waals surface area contributed by atoms with Crippen molar-refractivity contribution in [2.24, 2.45) is 5.92 Å². The average Bonchev–Trinajstić information content (AvgIpc) is 3.26. The minimum Gasteiger partial charge on any atom is -0.381 e. The van der Waals surface area contributed by atoms with E-state index in [1.54, 1.807) is 6.20 Å². The monoisotopic (exact) mass is 414 g/mol. The van der Waals surface area contributed by atoms with E-state index in [-0.39, 0.29) is 11.9 Å². The lowest BCUT2D eigenvalue weighted by Crippen LogP contribution is -2.38. The Balaban J connectivity index is 1.33. The third kappa shape index (κ3) is 5.23. The summed E-state index contributed by atoms with van der Waals surface area (Å²) < 4.78 is 16.7. The van der Waals surface area contributed by atoms with Crippen molar-refractivity contribution in [1.82, 2.24) is 20.0 Å². The molecule has 4 heterocycles. The molecule has 0 aliphatic carbocycles. The highest BCUT2D eigenvalue weighted by Gasteiger charge is 2.32. The molecule has 2 saturated heterocycles. The number of nitrogens with zero attached hydrogens (tertiary/aromatic N) is 4.